The molecule has 0 unspecified atom stereocenters. The van der Waals surface area contributed by atoms with Crippen LogP contribution in [0.25, 0.3) is 6.08 Å². The van der Waals surface area contributed by atoms with Crippen molar-refractivity contribution in [2.75, 3.05) is 0 Å². The Bertz CT molecular complexity index is 744. The average molecular weight is 290 g/mol. The Morgan fingerprint density at radius 3 is 2.62 bits per heavy atom. The average Bonchev–Trinajstić information content (AvgIpc) is 2.80. The molecule has 0 aliphatic rings. The second-order valence-electron chi connectivity index (χ2n) is 4.52. The van der Waals surface area contributed by atoms with Gasteiger partial charge in [0.15, 0.2) is 0 Å². The molecule has 1 heterocycles. The second kappa shape index (κ2) is 6.21. The molecule has 110 valence electrons. The molecule has 21 heavy (non-hydrogen) atoms. The Labute approximate surface area is 120 Å². The summed E-state index contributed by atoms with van der Waals surface area (Å²) in [5, 5.41) is 8.53. The Kier molecular flexibility index (Phi) is 4.37. The second-order valence-corrected chi connectivity index (χ2v) is 4.52. The van der Waals surface area contributed by atoms with Crippen LogP contribution in [0.2, 0.25) is 0 Å². The van der Waals surface area contributed by atoms with Crippen molar-refractivity contribution in [3.63, 3.8) is 0 Å². The lowest BCUT2D eigenvalue weighted by molar-refractivity contribution is -0.131. The van der Waals surface area contributed by atoms with Crippen LogP contribution < -0.4 is 5.69 Å². The van der Waals surface area contributed by atoms with E-state index in [1.165, 1.54) is 21.3 Å². The molecule has 0 aliphatic carbocycles. The summed E-state index contributed by atoms with van der Waals surface area (Å²) in [5.74, 6) is -1.56. The SMILES string of the molecule is CCn1ccn(Cc2ccc(/C=C/C(=O)O)cc2F)c1=O. The number of hydrogen-bond acceptors (Lipinski definition) is 2. The molecular formula is C15H15FN2O3. The van der Waals surface area contributed by atoms with Crippen LogP contribution in [0.1, 0.15) is 18.1 Å². The normalized spacial score (nSPS) is 11.1. The van der Waals surface area contributed by atoms with Crippen LogP contribution in [0, 0.1) is 5.82 Å². The highest BCUT2D eigenvalue weighted by Gasteiger charge is 2.07. The van der Waals surface area contributed by atoms with E-state index in [1.54, 1.807) is 24.5 Å². The van der Waals surface area contributed by atoms with Crippen LogP contribution in [0.5, 0.6) is 0 Å². The number of aryl methyl sites for hydroxylation is 1. The van der Waals surface area contributed by atoms with Crippen LogP contribution in [-0.4, -0.2) is 20.2 Å². The maximum Gasteiger partial charge on any atom is 0.328 e. The quantitative estimate of drug-likeness (QED) is 0.856. The zero-order chi connectivity index (χ0) is 15.4. The monoisotopic (exact) mass is 290 g/mol. The van der Waals surface area contributed by atoms with E-state index in [4.69, 9.17) is 5.11 Å². The van der Waals surface area contributed by atoms with Crippen molar-refractivity contribution in [2.24, 2.45) is 0 Å². The third kappa shape index (κ3) is 3.47. The predicted molar refractivity (Wildman–Crippen MR) is 76.5 cm³/mol. The number of hydrogen-bond donors (Lipinski definition) is 1. The van der Waals surface area contributed by atoms with E-state index >= 15 is 0 Å². The van der Waals surface area contributed by atoms with E-state index in [0.29, 0.717) is 17.7 Å². The predicted octanol–water partition coefficient (Wildman–Crippen LogP) is 1.95. The first-order valence-corrected chi connectivity index (χ1v) is 6.46. The van der Waals surface area contributed by atoms with Crippen LogP contribution in [0.4, 0.5) is 4.39 Å². The molecule has 0 radical (unpaired) electrons. The number of aliphatic carboxylic acids is 1. The van der Waals surface area contributed by atoms with Crippen LogP contribution >= 0.6 is 0 Å². The highest BCUT2D eigenvalue weighted by atomic mass is 19.1. The highest BCUT2D eigenvalue weighted by molar-refractivity contribution is 5.85. The lowest BCUT2D eigenvalue weighted by Gasteiger charge is -2.05. The van der Waals surface area contributed by atoms with Gasteiger partial charge >= 0.3 is 11.7 Å². The van der Waals surface area contributed by atoms with E-state index < -0.39 is 11.8 Å². The molecule has 0 fully saturated rings. The molecule has 5 nitrogen and oxygen atoms in total. The van der Waals surface area contributed by atoms with Gasteiger partial charge in [0.25, 0.3) is 0 Å². The number of imidazole rings is 1. The lowest BCUT2D eigenvalue weighted by Crippen LogP contribution is -2.24. The summed E-state index contributed by atoms with van der Waals surface area (Å²) in [6, 6.07) is 4.41. The minimum Gasteiger partial charge on any atom is -0.478 e. The smallest absolute Gasteiger partial charge is 0.328 e. The summed E-state index contributed by atoms with van der Waals surface area (Å²) in [6.07, 6.45) is 5.53. The summed E-state index contributed by atoms with van der Waals surface area (Å²) in [5.41, 5.74) is 0.641. The molecule has 0 aliphatic heterocycles. The Morgan fingerprint density at radius 2 is 2.05 bits per heavy atom. The Morgan fingerprint density at radius 1 is 1.33 bits per heavy atom. The van der Waals surface area contributed by atoms with Gasteiger partial charge in [-0.2, -0.15) is 0 Å². The molecule has 1 N–H and O–H groups in total. The van der Waals surface area contributed by atoms with Crippen molar-refractivity contribution >= 4 is 12.0 Å². The summed E-state index contributed by atoms with van der Waals surface area (Å²) in [6.45, 7) is 2.56. The molecule has 0 saturated heterocycles. The molecule has 1 aromatic carbocycles. The molecule has 0 atom stereocenters. The largest absolute Gasteiger partial charge is 0.478 e. The Balaban J connectivity index is 2.23. The molecule has 6 heteroatoms. The van der Waals surface area contributed by atoms with Gasteiger partial charge in [-0.15, -0.1) is 0 Å². The van der Waals surface area contributed by atoms with Gasteiger partial charge in [-0.1, -0.05) is 12.1 Å². The molecule has 0 bridgehead atoms. The summed E-state index contributed by atoms with van der Waals surface area (Å²) >= 11 is 0. The topological polar surface area (TPSA) is 64.2 Å². The first-order chi connectivity index (χ1) is 10.0. The number of aromatic nitrogens is 2. The van der Waals surface area contributed by atoms with E-state index in [0.717, 1.165) is 6.08 Å². The number of halogens is 1. The fourth-order valence-electron chi connectivity index (χ4n) is 1.96. The summed E-state index contributed by atoms with van der Waals surface area (Å²) in [7, 11) is 0. The van der Waals surface area contributed by atoms with E-state index in [2.05, 4.69) is 0 Å². The minimum atomic E-state index is -1.09. The molecule has 0 amide bonds. The number of carboxylic acid groups (broad SMARTS) is 1. The van der Waals surface area contributed by atoms with Gasteiger partial charge in [0.05, 0.1) is 6.54 Å². The van der Waals surface area contributed by atoms with Crippen LogP contribution in [0.15, 0.2) is 41.5 Å². The van der Waals surface area contributed by atoms with Crippen molar-refractivity contribution in [1.29, 1.82) is 0 Å². The number of benzene rings is 1. The van der Waals surface area contributed by atoms with Crippen LogP contribution in [-0.2, 0) is 17.9 Å². The van der Waals surface area contributed by atoms with Crippen molar-refractivity contribution in [1.82, 2.24) is 9.13 Å². The van der Waals surface area contributed by atoms with Gasteiger partial charge in [-0.3, -0.25) is 9.13 Å². The van der Waals surface area contributed by atoms with Crippen molar-refractivity contribution in [2.45, 2.75) is 20.0 Å². The Hall–Kier alpha value is -2.63. The van der Waals surface area contributed by atoms with Gasteiger partial charge in [0.2, 0.25) is 0 Å². The number of carboxylic acids is 1. The van der Waals surface area contributed by atoms with Crippen LogP contribution in [0.3, 0.4) is 0 Å². The van der Waals surface area contributed by atoms with Crippen molar-refractivity contribution in [3.8, 4) is 0 Å². The summed E-state index contributed by atoms with van der Waals surface area (Å²) in [4.78, 5) is 22.3. The van der Waals surface area contributed by atoms with Crippen molar-refractivity contribution in [3.05, 3.63) is 64.1 Å². The number of nitrogens with zero attached hydrogens (tertiary/aromatic N) is 2. The maximum absolute atomic E-state index is 14.0. The standard InChI is InChI=1S/C15H15FN2O3/c1-2-17-7-8-18(15(17)21)10-12-5-3-11(9-13(12)16)4-6-14(19)20/h3-9H,2,10H2,1H3,(H,19,20)/b6-4+. The van der Waals surface area contributed by atoms with Crippen molar-refractivity contribution < 1.29 is 14.3 Å². The summed E-state index contributed by atoms with van der Waals surface area (Å²) < 4.78 is 16.9. The third-order valence-electron chi connectivity index (χ3n) is 3.09. The van der Waals surface area contributed by atoms with Gasteiger partial charge in [-0.05, 0) is 24.6 Å². The molecule has 2 aromatic rings. The zero-order valence-electron chi connectivity index (χ0n) is 11.5. The van der Waals surface area contributed by atoms with Gasteiger partial charge in [0, 0.05) is 30.6 Å². The molecule has 0 spiro atoms. The third-order valence-corrected chi connectivity index (χ3v) is 3.09. The highest BCUT2D eigenvalue weighted by Crippen LogP contribution is 2.13. The van der Waals surface area contributed by atoms with Gasteiger partial charge in [-0.25, -0.2) is 14.0 Å². The first kappa shape index (κ1) is 14.8. The molecule has 2 rings (SSSR count). The minimum absolute atomic E-state index is 0.139. The van der Waals surface area contributed by atoms with E-state index in [9.17, 15) is 14.0 Å². The van der Waals surface area contributed by atoms with E-state index in [1.807, 2.05) is 6.92 Å². The van der Waals surface area contributed by atoms with Gasteiger partial charge in [0.1, 0.15) is 5.82 Å². The fourth-order valence-corrected chi connectivity index (χ4v) is 1.96. The maximum atomic E-state index is 14.0. The van der Waals surface area contributed by atoms with Gasteiger partial charge < -0.3 is 5.11 Å². The first-order valence-electron chi connectivity index (χ1n) is 6.46. The zero-order valence-corrected chi connectivity index (χ0v) is 11.5. The lowest BCUT2D eigenvalue weighted by atomic mass is 10.1. The number of carbonyl (C=O) groups is 1. The molecule has 1 aromatic heterocycles. The molecular weight excluding hydrogens is 275 g/mol. The fraction of sp³-hybridized carbons (Fsp3) is 0.200. The number of rotatable bonds is 5. The molecule has 0 saturated carbocycles. The van der Waals surface area contributed by atoms with E-state index in [-0.39, 0.29) is 12.2 Å².